The molecule has 1 aliphatic heterocycles. The van der Waals surface area contributed by atoms with Gasteiger partial charge in [0.1, 0.15) is 10.8 Å². The number of aromatic nitrogens is 2. The molecule has 112 valence electrons. The smallest absolute Gasteiger partial charge is 0.147 e. The number of nitrogens with zero attached hydrogens (tertiary/aromatic N) is 3. The van der Waals surface area contributed by atoms with Crippen molar-refractivity contribution in [1.29, 1.82) is 0 Å². The van der Waals surface area contributed by atoms with Gasteiger partial charge in [0, 0.05) is 32.0 Å². The number of rotatable bonds is 4. The molecule has 2 aromatic heterocycles. The van der Waals surface area contributed by atoms with Gasteiger partial charge in [0.2, 0.25) is 0 Å². The first-order chi connectivity index (χ1) is 10.2. The molecule has 0 spiro atoms. The van der Waals surface area contributed by atoms with Crippen LogP contribution >= 0.6 is 11.5 Å². The number of ether oxygens (including phenoxy) is 1. The molecule has 1 saturated heterocycles. The van der Waals surface area contributed by atoms with Gasteiger partial charge in [0.05, 0.1) is 18.3 Å². The van der Waals surface area contributed by atoms with Crippen molar-refractivity contribution in [2.24, 2.45) is 0 Å². The molecule has 0 bridgehead atoms. The normalized spacial score (nSPS) is 19.6. The third-order valence-corrected chi connectivity index (χ3v) is 4.34. The molecule has 1 atom stereocenters. The highest BCUT2D eigenvalue weighted by Gasteiger charge is 2.19. The summed E-state index contributed by atoms with van der Waals surface area (Å²) < 4.78 is 10.0. The average molecular weight is 305 g/mol. The van der Waals surface area contributed by atoms with Crippen LogP contribution in [0, 0.1) is 0 Å². The molecule has 1 aliphatic rings. The maximum absolute atomic E-state index is 6.00. The molecule has 6 nitrogen and oxygen atoms in total. The molecule has 0 amide bonds. The van der Waals surface area contributed by atoms with E-state index in [-0.39, 0.29) is 6.10 Å². The zero-order valence-corrected chi connectivity index (χ0v) is 12.8. The number of likely N-dealkylation sites (N-methyl/N-ethyl adjacent to an activating group) is 1. The largest absolute Gasteiger partial charge is 0.382 e. The predicted molar refractivity (Wildman–Crippen MR) is 85.5 cm³/mol. The van der Waals surface area contributed by atoms with Crippen LogP contribution in [0.1, 0.15) is 0 Å². The minimum absolute atomic E-state index is 0.192. The number of pyridine rings is 1. The summed E-state index contributed by atoms with van der Waals surface area (Å²) in [7, 11) is 2.11. The van der Waals surface area contributed by atoms with Gasteiger partial charge < -0.3 is 20.7 Å². The second-order valence-corrected chi connectivity index (χ2v) is 5.92. The monoisotopic (exact) mass is 305 g/mol. The topological polar surface area (TPSA) is 76.3 Å². The number of nitrogens with one attached hydrogen (secondary N) is 1. The van der Waals surface area contributed by atoms with Crippen molar-refractivity contribution in [3.8, 4) is 11.1 Å². The van der Waals surface area contributed by atoms with Gasteiger partial charge in [-0.2, -0.15) is 4.37 Å². The minimum atomic E-state index is 0.192. The molecule has 3 N–H and O–H groups in total. The highest BCUT2D eigenvalue weighted by molar-refractivity contribution is 7.11. The van der Waals surface area contributed by atoms with E-state index >= 15 is 0 Å². The van der Waals surface area contributed by atoms with Crippen LogP contribution in [-0.4, -0.2) is 53.7 Å². The fourth-order valence-corrected chi connectivity index (χ4v) is 3.16. The van der Waals surface area contributed by atoms with E-state index in [1.165, 1.54) is 11.5 Å². The lowest BCUT2D eigenvalue weighted by molar-refractivity contribution is -0.0116. The third-order valence-electron chi connectivity index (χ3n) is 3.52. The highest BCUT2D eigenvalue weighted by Crippen LogP contribution is 2.36. The number of nitrogens with two attached hydrogens (primary N) is 1. The number of morpholine rings is 1. The van der Waals surface area contributed by atoms with Gasteiger partial charge in [-0.15, -0.1) is 0 Å². The van der Waals surface area contributed by atoms with Crippen molar-refractivity contribution in [2.75, 3.05) is 44.3 Å². The van der Waals surface area contributed by atoms with E-state index in [2.05, 4.69) is 26.6 Å². The van der Waals surface area contributed by atoms with Crippen molar-refractivity contribution in [1.82, 2.24) is 14.3 Å². The average Bonchev–Trinajstić information content (AvgIpc) is 2.87. The maximum Gasteiger partial charge on any atom is 0.147 e. The van der Waals surface area contributed by atoms with E-state index in [1.54, 1.807) is 12.4 Å². The van der Waals surface area contributed by atoms with E-state index in [1.807, 2.05) is 12.1 Å². The first kappa shape index (κ1) is 14.2. The molecule has 7 heteroatoms. The summed E-state index contributed by atoms with van der Waals surface area (Å²) in [5, 5.41) is 4.41. The van der Waals surface area contributed by atoms with Crippen molar-refractivity contribution in [2.45, 2.75) is 6.10 Å². The first-order valence-electron chi connectivity index (χ1n) is 6.93. The van der Waals surface area contributed by atoms with Crippen LogP contribution in [0.5, 0.6) is 0 Å². The molecular formula is C14H19N5OS. The summed E-state index contributed by atoms with van der Waals surface area (Å²) in [6, 6.07) is 3.88. The Balaban J connectivity index is 1.72. The van der Waals surface area contributed by atoms with Crippen LogP contribution in [0.3, 0.4) is 0 Å². The van der Waals surface area contributed by atoms with Crippen LogP contribution in [-0.2, 0) is 4.74 Å². The van der Waals surface area contributed by atoms with E-state index < -0.39 is 0 Å². The Morgan fingerprint density at radius 2 is 2.29 bits per heavy atom. The quantitative estimate of drug-likeness (QED) is 0.892. The zero-order valence-electron chi connectivity index (χ0n) is 12.0. The molecule has 0 aromatic carbocycles. The predicted octanol–water partition coefficient (Wildman–Crippen LogP) is 1.53. The number of anilines is 2. The maximum atomic E-state index is 6.00. The second-order valence-electron chi connectivity index (χ2n) is 5.14. The SMILES string of the molecule is CN1CCOC(CNc2snc(N)c2-c2ccncc2)C1. The zero-order chi connectivity index (χ0) is 14.7. The van der Waals surface area contributed by atoms with Crippen LogP contribution in [0.2, 0.25) is 0 Å². The Labute approximate surface area is 128 Å². The van der Waals surface area contributed by atoms with Gasteiger partial charge in [-0.25, -0.2) is 0 Å². The third kappa shape index (κ3) is 3.31. The van der Waals surface area contributed by atoms with Crippen LogP contribution in [0.25, 0.3) is 11.1 Å². The standard InChI is InChI=1S/C14H19N5OS/c1-19-6-7-20-11(9-19)8-17-14-12(13(15)18-21-14)10-2-4-16-5-3-10/h2-5,11,17H,6-9H2,1H3,(H2,15,18). The van der Waals surface area contributed by atoms with Crippen molar-refractivity contribution >= 4 is 22.4 Å². The van der Waals surface area contributed by atoms with Crippen molar-refractivity contribution < 1.29 is 4.74 Å². The molecule has 2 aromatic rings. The van der Waals surface area contributed by atoms with Gasteiger partial charge in [-0.1, -0.05) is 0 Å². The molecule has 0 saturated carbocycles. The number of hydrogen-bond acceptors (Lipinski definition) is 7. The molecule has 1 fully saturated rings. The summed E-state index contributed by atoms with van der Waals surface area (Å²) in [5.74, 6) is 0.551. The van der Waals surface area contributed by atoms with Gasteiger partial charge >= 0.3 is 0 Å². The molecule has 3 rings (SSSR count). The minimum Gasteiger partial charge on any atom is -0.382 e. The van der Waals surface area contributed by atoms with Gasteiger partial charge in [0.15, 0.2) is 0 Å². The van der Waals surface area contributed by atoms with Gasteiger partial charge in [-0.05, 0) is 36.3 Å². The lowest BCUT2D eigenvalue weighted by Crippen LogP contribution is -2.43. The summed E-state index contributed by atoms with van der Waals surface area (Å²) in [6.07, 6.45) is 3.71. The molecule has 0 radical (unpaired) electrons. The Hall–Kier alpha value is -1.70. The number of nitrogen functional groups attached to an aromatic ring is 1. The second kappa shape index (κ2) is 6.38. The molecule has 3 heterocycles. The van der Waals surface area contributed by atoms with E-state index in [4.69, 9.17) is 10.5 Å². The van der Waals surface area contributed by atoms with E-state index in [9.17, 15) is 0 Å². The molecule has 1 unspecified atom stereocenters. The number of hydrogen-bond donors (Lipinski definition) is 2. The molecule has 21 heavy (non-hydrogen) atoms. The van der Waals surface area contributed by atoms with Crippen LogP contribution in [0.4, 0.5) is 10.8 Å². The Bertz CT molecular complexity index is 588. The lowest BCUT2D eigenvalue weighted by Gasteiger charge is -2.30. The fourth-order valence-electron chi connectivity index (χ4n) is 2.42. The summed E-state index contributed by atoms with van der Waals surface area (Å²) in [6.45, 7) is 3.47. The van der Waals surface area contributed by atoms with E-state index in [0.717, 1.165) is 42.4 Å². The van der Waals surface area contributed by atoms with Gasteiger partial charge in [-0.3, -0.25) is 4.98 Å². The lowest BCUT2D eigenvalue weighted by atomic mass is 10.1. The Morgan fingerprint density at radius 3 is 3.05 bits per heavy atom. The molecule has 0 aliphatic carbocycles. The van der Waals surface area contributed by atoms with Crippen molar-refractivity contribution in [3.05, 3.63) is 24.5 Å². The molecular weight excluding hydrogens is 286 g/mol. The fraction of sp³-hybridized carbons (Fsp3) is 0.429. The highest BCUT2D eigenvalue weighted by atomic mass is 32.1. The van der Waals surface area contributed by atoms with E-state index in [0.29, 0.717) is 5.82 Å². The first-order valence-corrected chi connectivity index (χ1v) is 7.71. The van der Waals surface area contributed by atoms with Gasteiger partial charge in [0.25, 0.3) is 0 Å². The Morgan fingerprint density at radius 1 is 1.48 bits per heavy atom. The van der Waals surface area contributed by atoms with Crippen molar-refractivity contribution in [3.63, 3.8) is 0 Å². The van der Waals surface area contributed by atoms with Crippen LogP contribution < -0.4 is 11.1 Å². The van der Waals surface area contributed by atoms with Crippen LogP contribution in [0.15, 0.2) is 24.5 Å². The summed E-state index contributed by atoms with van der Waals surface area (Å²) in [4.78, 5) is 6.32. The summed E-state index contributed by atoms with van der Waals surface area (Å²) >= 11 is 1.38. The Kier molecular flexibility index (Phi) is 4.33. The summed E-state index contributed by atoms with van der Waals surface area (Å²) in [5.41, 5.74) is 7.98.